The fraction of sp³-hybridized carbons (Fsp3) is 0.111. The van der Waals surface area contributed by atoms with E-state index in [1.165, 1.54) is 12.1 Å². The van der Waals surface area contributed by atoms with Crippen LogP contribution >= 0.6 is 39.1 Å². The van der Waals surface area contributed by atoms with Crippen LogP contribution in [0, 0.1) is 5.82 Å². The average molecular weight is 324 g/mol. The highest BCUT2D eigenvalue weighted by Crippen LogP contribution is 2.27. The smallest absolute Gasteiger partial charge is 0.141 e. The molecule has 0 atom stereocenters. The molecule has 0 aliphatic rings. The van der Waals surface area contributed by atoms with Gasteiger partial charge in [0, 0.05) is 17.6 Å². The molecule has 0 radical (unpaired) electrons. The molecule has 0 amide bonds. The van der Waals surface area contributed by atoms with E-state index in [9.17, 15) is 4.39 Å². The second-order valence-electron chi connectivity index (χ2n) is 2.86. The van der Waals surface area contributed by atoms with E-state index in [0.29, 0.717) is 20.3 Å². The van der Waals surface area contributed by atoms with Crippen LogP contribution < -0.4 is 4.74 Å². The first-order valence-corrected chi connectivity index (χ1v) is 6.16. The van der Waals surface area contributed by atoms with E-state index >= 15 is 0 Å². The summed E-state index contributed by atoms with van der Waals surface area (Å²) in [5.74, 6) is 0.0461. The van der Waals surface area contributed by atoms with Crippen molar-refractivity contribution < 1.29 is 9.13 Å². The van der Waals surface area contributed by atoms with Gasteiger partial charge in [0.25, 0.3) is 0 Å². The van der Waals surface area contributed by atoms with Crippen molar-refractivity contribution in [3.63, 3.8) is 0 Å². The van der Waals surface area contributed by atoms with Gasteiger partial charge in [0.1, 0.15) is 28.2 Å². The minimum Gasteiger partial charge on any atom is -0.486 e. The molecule has 0 fully saturated rings. The summed E-state index contributed by atoms with van der Waals surface area (Å²) in [6.07, 6.45) is 0. The molecule has 0 bridgehead atoms. The van der Waals surface area contributed by atoms with Gasteiger partial charge in [0.15, 0.2) is 0 Å². The molecule has 7 heteroatoms. The van der Waals surface area contributed by atoms with Crippen molar-refractivity contribution in [2.75, 3.05) is 0 Å². The second-order valence-corrected chi connectivity index (χ2v) is 5.07. The minimum absolute atomic E-state index is 0.164. The van der Waals surface area contributed by atoms with E-state index in [1.54, 1.807) is 6.07 Å². The molecule has 3 nitrogen and oxygen atoms in total. The number of benzene rings is 1. The van der Waals surface area contributed by atoms with Crippen LogP contribution in [0.1, 0.15) is 5.69 Å². The topological polar surface area (TPSA) is 35.0 Å². The van der Waals surface area contributed by atoms with E-state index in [0.717, 1.165) is 11.5 Å². The SMILES string of the molecule is Fc1ccc(Br)c(OCc2nnsc2Cl)c1. The maximum atomic E-state index is 12.9. The van der Waals surface area contributed by atoms with Crippen molar-refractivity contribution in [2.24, 2.45) is 0 Å². The third-order valence-electron chi connectivity index (χ3n) is 1.77. The number of rotatable bonds is 3. The van der Waals surface area contributed by atoms with Crippen LogP contribution in [0.25, 0.3) is 0 Å². The molecule has 0 saturated carbocycles. The molecular formula is C9H5BrClFN2OS. The normalized spacial score (nSPS) is 10.4. The van der Waals surface area contributed by atoms with Crippen molar-refractivity contribution in [1.82, 2.24) is 9.59 Å². The molecule has 16 heavy (non-hydrogen) atoms. The van der Waals surface area contributed by atoms with Crippen LogP contribution in [0.2, 0.25) is 4.34 Å². The van der Waals surface area contributed by atoms with Crippen LogP contribution in [-0.2, 0) is 6.61 Å². The lowest BCUT2D eigenvalue weighted by Crippen LogP contribution is -1.97. The molecular weight excluding hydrogens is 319 g/mol. The van der Waals surface area contributed by atoms with Gasteiger partial charge in [-0.25, -0.2) is 4.39 Å². The Morgan fingerprint density at radius 1 is 1.50 bits per heavy atom. The van der Waals surface area contributed by atoms with Crippen molar-refractivity contribution in [3.05, 3.63) is 38.5 Å². The van der Waals surface area contributed by atoms with E-state index < -0.39 is 0 Å². The van der Waals surface area contributed by atoms with E-state index in [1.807, 2.05) is 0 Å². The van der Waals surface area contributed by atoms with Gasteiger partial charge >= 0.3 is 0 Å². The van der Waals surface area contributed by atoms with Crippen LogP contribution in [0.5, 0.6) is 5.75 Å². The van der Waals surface area contributed by atoms with Crippen LogP contribution in [0.3, 0.4) is 0 Å². The number of nitrogens with zero attached hydrogens (tertiary/aromatic N) is 2. The number of halogens is 3. The lowest BCUT2D eigenvalue weighted by molar-refractivity contribution is 0.297. The Morgan fingerprint density at radius 2 is 2.31 bits per heavy atom. The van der Waals surface area contributed by atoms with Crippen molar-refractivity contribution in [2.45, 2.75) is 6.61 Å². The predicted molar refractivity (Wildman–Crippen MR) is 63.4 cm³/mol. The van der Waals surface area contributed by atoms with Crippen LogP contribution in [0.15, 0.2) is 22.7 Å². The number of aromatic nitrogens is 2. The molecule has 0 aliphatic heterocycles. The van der Waals surface area contributed by atoms with Crippen molar-refractivity contribution in [3.8, 4) is 5.75 Å². The molecule has 2 aromatic rings. The van der Waals surface area contributed by atoms with Gasteiger partial charge in [-0.3, -0.25) is 0 Å². The van der Waals surface area contributed by atoms with Gasteiger partial charge in [0.05, 0.1) is 4.47 Å². The zero-order valence-electron chi connectivity index (χ0n) is 7.78. The summed E-state index contributed by atoms with van der Waals surface area (Å²) in [5.41, 5.74) is 0.544. The third-order valence-corrected chi connectivity index (χ3v) is 3.41. The zero-order valence-corrected chi connectivity index (χ0v) is 10.9. The fourth-order valence-corrected chi connectivity index (χ4v) is 1.98. The maximum absolute atomic E-state index is 12.9. The quantitative estimate of drug-likeness (QED) is 0.864. The van der Waals surface area contributed by atoms with Crippen LogP contribution in [0.4, 0.5) is 4.39 Å². The monoisotopic (exact) mass is 322 g/mol. The first-order valence-electron chi connectivity index (χ1n) is 4.21. The van der Waals surface area contributed by atoms with Crippen LogP contribution in [-0.4, -0.2) is 9.59 Å². The Morgan fingerprint density at radius 3 is 3.00 bits per heavy atom. The molecule has 0 saturated heterocycles. The summed E-state index contributed by atoms with van der Waals surface area (Å²) >= 11 is 10.1. The average Bonchev–Trinajstić information content (AvgIpc) is 2.66. The Kier molecular flexibility index (Phi) is 3.73. The molecule has 84 valence electrons. The van der Waals surface area contributed by atoms with E-state index in [2.05, 4.69) is 25.5 Å². The van der Waals surface area contributed by atoms with Crippen molar-refractivity contribution >= 4 is 39.1 Å². The zero-order chi connectivity index (χ0) is 11.5. The Bertz CT molecular complexity index is 508. The van der Waals surface area contributed by atoms with Gasteiger partial charge in [-0.15, -0.1) is 5.10 Å². The third kappa shape index (κ3) is 2.69. The molecule has 1 aromatic carbocycles. The summed E-state index contributed by atoms with van der Waals surface area (Å²) < 4.78 is 23.1. The van der Waals surface area contributed by atoms with Gasteiger partial charge in [0.2, 0.25) is 0 Å². The highest BCUT2D eigenvalue weighted by atomic mass is 79.9. The predicted octanol–water partition coefficient (Wildman–Crippen LogP) is 3.67. The van der Waals surface area contributed by atoms with Gasteiger partial charge in [-0.1, -0.05) is 16.1 Å². The lowest BCUT2D eigenvalue weighted by atomic mass is 10.3. The number of ether oxygens (including phenoxy) is 1. The van der Waals surface area contributed by atoms with Gasteiger partial charge in [-0.05, 0) is 28.1 Å². The molecule has 1 aromatic heterocycles. The Labute approximate surface area is 108 Å². The molecule has 1 heterocycles. The minimum atomic E-state index is -0.360. The summed E-state index contributed by atoms with van der Waals surface area (Å²) in [4.78, 5) is 0. The molecule has 0 N–H and O–H groups in total. The molecule has 0 aliphatic carbocycles. The van der Waals surface area contributed by atoms with Crippen molar-refractivity contribution in [1.29, 1.82) is 0 Å². The van der Waals surface area contributed by atoms with E-state index in [4.69, 9.17) is 16.3 Å². The Hall–Kier alpha value is -0.720. The van der Waals surface area contributed by atoms with E-state index in [-0.39, 0.29) is 12.4 Å². The highest BCUT2D eigenvalue weighted by molar-refractivity contribution is 9.10. The summed E-state index contributed by atoms with van der Waals surface area (Å²) in [7, 11) is 0. The first kappa shape index (κ1) is 11.8. The van der Waals surface area contributed by atoms with Gasteiger partial charge < -0.3 is 4.74 Å². The number of hydrogen-bond acceptors (Lipinski definition) is 4. The summed E-state index contributed by atoms with van der Waals surface area (Å²) in [5, 5.41) is 3.79. The highest BCUT2D eigenvalue weighted by Gasteiger charge is 2.08. The number of hydrogen-bond donors (Lipinski definition) is 0. The lowest BCUT2D eigenvalue weighted by Gasteiger charge is -2.06. The Balaban J connectivity index is 2.10. The molecule has 0 spiro atoms. The maximum Gasteiger partial charge on any atom is 0.141 e. The summed E-state index contributed by atoms with van der Waals surface area (Å²) in [6, 6.07) is 4.21. The largest absolute Gasteiger partial charge is 0.486 e. The first-order chi connectivity index (χ1) is 7.66. The summed E-state index contributed by atoms with van der Waals surface area (Å²) in [6.45, 7) is 0.164. The van der Waals surface area contributed by atoms with Gasteiger partial charge in [-0.2, -0.15) is 0 Å². The second kappa shape index (κ2) is 5.07. The fourth-order valence-electron chi connectivity index (χ4n) is 1.02. The molecule has 0 unspecified atom stereocenters. The molecule has 2 rings (SSSR count). The standard InChI is InChI=1S/C9H5BrClFN2OS/c10-6-2-1-5(12)3-8(6)15-4-7-9(11)16-14-13-7/h1-3H,4H2.